The van der Waals surface area contributed by atoms with Crippen LogP contribution in [0.15, 0.2) is 48.5 Å². The smallest absolute Gasteiger partial charge is 0.251 e. The van der Waals surface area contributed by atoms with E-state index in [1.165, 1.54) is 11.3 Å². The molecule has 1 amide bonds. The number of rotatable bonds is 6. The fourth-order valence-corrected chi connectivity index (χ4v) is 2.56. The predicted octanol–water partition coefficient (Wildman–Crippen LogP) is 2.96. The first-order valence-electron chi connectivity index (χ1n) is 7.83. The molecule has 0 bridgehead atoms. The summed E-state index contributed by atoms with van der Waals surface area (Å²) in [6, 6.07) is 16.3. The molecule has 0 heterocycles. The molecule has 0 fully saturated rings. The highest BCUT2D eigenvalue weighted by Crippen LogP contribution is 2.24. The van der Waals surface area contributed by atoms with Gasteiger partial charge >= 0.3 is 0 Å². The normalized spacial score (nSPS) is 11.8. The number of hydrogen-bond donors (Lipinski definition) is 2. The summed E-state index contributed by atoms with van der Waals surface area (Å²) in [6.07, 6.45) is 0. The van der Waals surface area contributed by atoms with E-state index in [0.29, 0.717) is 5.56 Å². The molecule has 0 saturated heterocycles. The third-order valence-electron chi connectivity index (χ3n) is 3.94. The summed E-state index contributed by atoms with van der Waals surface area (Å²) >= 11 is 0. The van der Waals surface area contributed by atoms with Crippen molar-refractivity contribution < 1.29 is 4.79 Å². The molecule has 0 aliphatic carbocycles. The molecule has 0 saturated carbocycles. The van der Waals surface area contributed by atoms with Crippen LogP contribution in [-0.2, 0) is 6.54 Å². The lowest BCUT2D eigenvalue weighted by Crippen LogP contribution is -2.21. The summed E-state index contributed by atoms with van der Waals surface area (Å²) in [7, 11) is 5.76. The van der Waals surface area contributed by atoms with E-state index in [1.807, 2.05) is 24.3 Å². The number of anilines is 1. The van der Waals surface area contributed by atoms with Gasteiger partial charge in [-0.15, -0.1) is 0 Å². The molecule has 0 radical (unpaired) electrons. The lowest BCUT2D eigenvalue weighted by atomic mass is 10.0. The van der Waals surface area contributed by atoms with Crippen molar-refractivity contribution in [3.8, 4) is 0 Å². The maximum atomic E-state index is 11.5. The van der Waals surface area contributed by atoms with Gasteiger partial charge in [-0.25, -0.2) is 0 Å². The van der Waals surface area contributed by atoms with Crippen LogP contribution in [0.4, 0.5) is 5.69 Å². The molecule has 4 heteroatoms. The highest BCUT2D eigenvalue weighted by Gasteiger charge is 2.11. The van der Waals surface area contributed by atoms with E-state index >= 15 is 0 Å². The predicted molar refractivity (Wildman–Crippen MR) is 95.9 cm³/mol. The van der Waals surface area contributed by atoms with E-state index in [9.17, 15) is 4.79 Å². The second kappa shape index (κ2) is 7.79. The summed E-state index contributed by atoms with van der Waals surface area (Å²) in [5.41, 5.74) is 4.34. The van der Waals surface area contributed by atoms with Crippen LogP contribution in [0.5, 0.6) is 0 Å². The van der Waals surface area contributed by atoms with Crippen LogP contribution in [0.3, 0.4) is 0 Å². The molecular weight excluding hydrogens is 286 g/mol. The maximum Gasteiger partial charge on any atom is 0.251 e. The molecule has 2 aromatic carbocycles. The van der Waals surface area contributed by atoms with E-state index in [-0.39, 0.29) is 11.9 Å². The van der Waals surface area contributed by atoms with Crippen molar-refractivity contribution in [1.29, 1.82) is 0 Å². The zero-order valence-electron chi connectivity index (χ0n) is 14.3. The third kappa shape index (κ3) is 4.33. The second-order valence-corrected chi connectivity index (χ2v) is 5.83. The average molecular weight is 311 g/mol. The SMILES string of the molecule is CNC(=O)c1ccc(CN[C@H](C)c2ccccc2N(C)C)cc1. The Morgan fingerprint density at radius 3 is 2.35 bits per heavy atom. The largest absolute Gasteiger partial charge is 0.377 e. The van der Waals surface area contributed by atoms with Crippen LogP contribution in [0.2, 0.25) is 0 Å². The fourth-order valence-electron chi connectivity index (χ4n) is 2.56. The first-order chi connectivity index (χ1) is 11.0. The topological polar surface area (TPSA) is 44.4 Å². The summed E-state index contributed by atoms with van der Waals surface area (Å²) < 4.78 is 0. The van der Waals surface area contributed by atoms with Crippen LogP contribution in [-0.4, -0.2) is 27.1 Å². The Labute approximate surface area is 138 Å². The number of carbonyl (C=O) groups is 1. The number of nitrogens with zero attached hydrogens (tertiary/aromatic N) is 1. The van der Waals surface area contributed by atoms with Crippen LogP contribution < -0.4 is 15.5 Å². The monoisotopic (exact) mass is 311 g/mol. The molecule has 2 rings (SSSR count). The van der Waals surface area contributed by atoms with E-state index in [1.54, 1.807) is 7.05 Å². The van der Waals surface area contributed by atoms with Crippen molar-refractivity contribution in [3.05, 3.63) is 65.2 Å². The first kappa shape index (κ1) is 17.0. The highest BCUT2D eigenvalue weighted by molar-refractivity contribution is 5.93. The quantitative estimate of drug-likeness (QED) is 0.862. The van der Waals surface area contributed by atoms with E-state index < -0.39 is 0 Å². The molecule has 0 spiro atoms. The standard InChI is InChI=1S/C19H25N3O/c1-14(17-7-5-6-8-18(17)22(3)4)21-13-15-9-11-16(12-10-15)19(23)20-2/h5-12,14,21H,13H2,1-4H3,(H,20,23)/t14-/m1/s1. The minimum absolute atomic E-state index is 0.0576. The van der Waals surface area contributed by atoms with Crippen molar-refractivity contribution in [3.63, 3.8) is 0 Å². The molecule has 122 valence electrons. The zero-order chi connectivity index (χ0) is 16.8. The van der Waals surface area contributed by atoms with Crippen molar-refractivity contribution in [2.24, 2.45) is 0 Å². The van der Waals surface area contributed by atoms with Gasteiger partial charge in [0.1, 0.15) is 0 Å². The van der Waals surface area contributed by atoms with E-state index in [0.717, 1.165) is 12.1 Å². The Bertz CT molecular complexity index is 650. The molecule has 1 atom stereocenters. The highest BCUT2D eigenvalue weighted by atomic mass is 16.1. The summed E-state index contributed by atoms with van der Waals surface area (Å²) in [5.74, 6) is -0.0576. The van der Waals surface area contributed by atoms with Crippen LogP contribution >= 0.6 is 0 Å². The van der Waals surface area contributed by atoms with E-state index in [4.69, 9.17) is 0 Å². The third-order valence-corrected chi connectivity index (χ3v) is 3.94. The average Bonchev–Trinajstić information content (AvgIpc) is 2.59. The van der Waals surface area contributed by atoms with Gasteiger partial charge in [-0.1, -0.05) is 30.3 Å². The Morgan fingerprint density at radius 2 is 1.74 bits per heavy atom. The van der Waals surface area contributed by atoms with Gasteiger partial charge in [0, 0.05) is 45.0 Å². The molecule has 0 aliphatic rings. The summed E-state index contributed by atoms with van der Waals surface area (Å²) in [4.78, 5) is 13.7. The Balaban J connectivity index is 2.02. The molecular formula is C19H25N3O. The van der Waals surface area contributed by atoms with Crippen LogP contribution in [0.1, 0.15) is 34.5 Å². The maximum absolute atomic E-state index is 11.5. The van der Waals surface area contributed by atoms with Crippen molar-refractivity contribution in [1.82, 2.24) is 10.6 Å². The van der Waals surface area contributed by atoms with Gasteiger partial charge in [0.05, 0.1) is 0 Å². The van der Waals surface area contributed by atoms with Gasteiger partial charge in [-0.05, 0) is 36.2 Å². The number of carbonyl (C=O) groups excluding carboxylic acids is 1. The molecule has 0 unspecified atom stereocenters. The zero-order valence-corrected chi connectivity index (χ0v) is 14.3. The lowest BCUT2D eigenvalue weighted by Gasteiger charge is -2.22. The van der Waals surface area contributed by atoms with Gasteiger partial charge in [0.15, 0.2) is 0 Å². The molecule has 2 aromatic rings. The fraction of sp³-hybridized carbons (Fsp3) is 0.316. The van der Waals surface area contributed by atoms with Gasteiger partial charge in [-0.2, -0.15) is 0 Å². The van der Waals surface area contributed by atoms with Gasteiger partial charge in [0.25, 0.3) is 5.91 Å². The molecule has 0 aromatic heterocycles. The number of para-hydroxylation sites is 1. The Kier molecular flexibility index (Phi) is 5.77. The number of nitrogens with one attached hydrogen (secondary N) is 2. The molecule has 2 N–H and O–H groups in total. The van der Waals surface area contributed by atoms with Crippen molar-refractivity contribution in [2.75, 3.05) is 26.0 Å². The Hall–Kier alpha value is -2.33. The van der Waals surface area contributed by atoms with Crippen molar-refractivity contribution >= 4 is 11.6 Å². The molecule has 4 nitrogen and oxygen atoms in total. The number of hydrogen-bond acceptors (Lipinski definition) is 3. The molecule has 0 aliphatic heterocycles. The Morgan fingerprint density at radius 1 is 1.09 bits per heavy atom. The summed E-state index contributed by atoms with van der Waals surface area (Å²) in [5, 5.41) is 6.18. The van der Waals surface area contributed by atoms with Crippen LogP contribution in [0.25, 0.3) is 0 Å². The van der Waals surface area contributed by atoms with Crippen LogP contribution in [0, 0.1) is 0 Å². The van der Waals surface area contributed by atoms with Crippen molar-refractivity contribution in [2.45, 2.75) is 19.5 Å². The van der Waals surface area contributed by atoms with Gasteiger partial charge in [-0.3, -0.25) is 4.79 Å². The minimum atomic E-state index is -0.0576. The molecule has 23 heavy (non-hydrogen) atoms. The number of benzene rings is 2. The van der Waals surface area contributed by atoms with Gasteiger partial charge in [0.2, 0.25) is 0 Å². The summed E-state index contributed by atoms with van der Waals surface area (Å²) in [6.45, 7) is 2.93. The number of amides is 1. The van der Waals surface area contributed by atoms with Gasteiger partial charge < -0.3 is 15.5 Å². The lowest BCUT2D eigenvalue weighted by molar-refractivity contribution is 0.0963. The first-order valence-corrected chi connectivity index (χ1v) is 7.83. The second-order valence-electron chi connectivity index (χ2n) is 5.83. The minimum Gasteiger partial charge on any atom is -0.377 e. The van der Waals surface area contributed by atoms with E-state index in [2.05, 4.69) is 60.8 Å².